The van der Waals surface area contributed by atoms with Crippen LogP contribution in [-0.4, -0.2) is 60.6 Å². The number of para-hydroxylation sites is 1. The summed E-state index contributed by atoms with van der Waals surface area (Å²) in [7, 11) is 0. The molecule has 0 aromatic heterocycles. The summed E-state index contributed by atoms with van der Waals surface area (Å²) in [6.45, 7) is 2.70. The van der Waals surface area contributed by atoms with Gasteiger partial charge in [0.15, 0.2) is 0 Å². The van der Waals surface area contributed by atoms with Gasteiger partial charge in [-0.25, -0.2) is 0 Å². The average Bonchev–Trinajstić information content (AvgIpc) is 2.55. The number of anilines is 1. The van der Waals surface area contributed by atoms with Gasteiger partial charge in [-0.1, -0.05) is 12.1 Å². The predicted molar refractivity (Wildman–Crippen MR) is 86.6 cm³/mol. The summed E-state index contributed by atoms with van der Waals surface area (Å²) in [4.78, 5) is 36.9. The van der Waals surface area contributed by atoms with Crippen molar-refractivity contribution < 1.29 is 24.2 Å². The molecule has 130 valence electrons. The van der Waals surface area contributed by atoms with Gasteiger partial charge < -0.3 is 20.9 Å². The molecule has 1 aliphatic rings. The minimum atomic E-state index is -1.03. The maximum Gasteiger partial charge on any atom is 0.308 e. The fraction of sp³-hybridized carbons (Fsp3) is 0.438. The molecule has 4 N–H and O–H groups in total. The van der Waals surface area contributed by atoms with Crippen molar-refractivity contribution in [1.82, 2.24) is 4.90 Å². The van der Waals surface area contributed by atoms with Gasteiger partial charge in [-0.05, 0) is 12.1 Å². The zero-order chi connectivity index (χ0) is 17.5. The highest BCUT2D eigenvalue weighted by Crippen LogP contribution is 2.16. The van der Waals surface area contributed by atoms with E-state index in [1.165, 1.54) is 6.07 Å². The smallest absolute Gasteiger partial charge is 0.308 e. The van der Waals surface area contributed by atoms with Crippen molar-refractivity contribution in [2.24, 2.45) is 11.7 Å². The Kier molecular flexibility index (Phi) is 6.28. The van der Waals surface area contributed by atoms with Crippen molar-refractivity contribution >= 4 is 23.5 Å². The predicted octanol–water partition coefficient (Wildman–Crippen LogP) is 0.147. The van der Waals surface area contributed by atoms with Gasteiger partial charge in [-0.3, -0.25) is 19.3 Å². The first-order chi connectivity index (χ1) is 11.5. The number of carbonyl (C=O) groups is 3. The third-order valence-corrected chi connectivity index (χ3v) is 3.83. The van der Waals surface area contributed by atoms with E-state index < -0.39 is 23.7 Å². The summed E-state index contributed by atoms with van der Waals surface area (Å²) in [5, 5.41) is 11.9. The third kappa shape index (κ3) is 5.04. The molecule has 24 heavy (non-hydrogen) atoms. The van der Waals surface area contributed by atoms with Crippen LogP contribution in [0.3, 0.4) is 0 Å². The monoisotopic (exact) mass is 335 g/mol. The summed E-state index contributed by atoms with van der Waals surface area (Å²) >= 11 is 0. The molecule has 0 radical (unpaired) electrons. The zero-order valence-corrected chi connectivity index (χ0v) is 13.2. The number of morpholine rings is 1. The van der Waals surface area contributed by atoms with E-state index in [1.54, 1.807) is 18.2 Å². The van der Waals surface area contributed by atoms with Crippen LogP contribution >= 0.6 is 0 Å². The highest BCUT2D eigenvalue weighted by molar-refractivity contribution is 6.03. The molecule has 2 rings (SSSR count). The number of hydrogen-bond donors (Lipinski definition) is 3. The maximum absolute atomic E-state index is 12.2. The second-order valence-corrected chi connectivity index (χ2v) is 5.61. The SMILES string of the molecule is NC(=O)c1ccccc1NC(=O)CC(CN1CCOCC1)C(=O)O. The van der Waals surface area contributed by atoms with E-state index in [1.807, 2.05) is 4.90 Å². The summed E-state index contributed by atoms with van der Waals surface area (Å²) in [5.74, 6) is -2.98. The molecule has 0 bridgehead atoms. The van der Waals surface area contributed by atoms with Gasteiger partial charge in [-0.15, -0.1) is 0 Å². The lowest BCUT2D eigenvalue weighted by atomic mass is 10.0. The summed E-state index contributed by atoms with van der Waals surface area (Å²) in [6, 6.07) is 6.34. The van der Waals surface area contributed by atoms with Gasteiger partial charge in [0, 0.05) is 26.1 Å². The van der Waals surface area contributed by atoms with Crippen molar-refractivity contribution in [3.05, 3.63) is 29.8 Å². The zero-order valence-electron chi connectivity index (χ0n) is 13.2. The van der Waals surface area contributed by atoms with E-state index in [0.29, 0.717) is 26.3 Å². The number of nitrogens with zero attached hydrogens (tertiary/aromatic N) is 1. The number of benzene rings is 1. The van der Waals surface area contributed by atoms with Gasteiger partial charge in [0.2, 0.25) is 5.91 Å². The van der Waals surface area contributed by atoms with E-state index in [2.05, 4.69) is 5.32 Å². The molecule has 0 saturated carbocycles. The minimum Gasteiger partial charge on any atom is -0.481 e. The summed E-state index contributed by atoms with van der Waals surface area (Å²) < 4.78 is 5.23. The van der Waals surface area contributed by atoms with Crippen LogP contribution in [0.2, 0.25) is 0 Å². The lowest BCUT2D eigenvalue weighted by Gasteiger charge is -2.28. The first-order valence-corrected chi connectivity index (χ1v) is 7.69. The number of nitrogens with two attached hydrogens (primary N) is 1. The molecule has 8 heteroatoms. The molecule has 1 fully saturated rings. The van der Waals surface area contributed by atoms with Crippen LogP contribution in [0.25, 0.3) is 0 Å². The lowest BCUT2D eigenvalue weighted by Crippen LogP contribution is -2.42. The van der Waals surface area contributed by atoms with E-state index in [-0.39, 0.29) is 24.2 Å². The largest absolute Gasteiger partial charge is 0.481 e. The molecular formula is C16H21N3O5. The van der Waals surface area contributed by atoms with E-state index in [0.717, 1.165) is 0 Å². The molecule has 1 atom stereocenters. The number of carbonyl (C=O) groups excluding carboxylic acids is 2. The molecule has 2 amide bonds. The lowest BCUT2D eigenvalue weighted by molar-refractivity contribution is -0.144. The molecule has 1 aliphatic heterocycles. The number of aliphatic carboxylic acids is 1. The first-order valence-electron chi connectivity index (χ1n) is 7.69. The summed E-state index contributed by atoms with van der Waals surface area (Å²) in [5.41, 5.74) is 5.73. The Morgan fingerprint density at radius 2 is 1.92 bits per heavy atom. The average molecular weight is 335 g/mol. The molecule has 0 spiro atoms. The highest BCUT2D eigenvalue weighted by Gasteiger charge is 2.25. The van der Waals surface area contributed by atoms with E-state index >= 15 is 0 Å². The Morgan fingerprint density at radius 3 is 2.54 bits per heavy atom. The van der Waals surface area contributed by atoms with Crippen molar-refractivity contribution in [3.63, 3.8) is 0 Å². The standard InChI is InChI=1S/C16H21N3O5/c17-15(21)12-3-1-2-4-13(12)18-14(20)9-11(16(22)23)10-19-5-7-24-8-6-19/h1-4,11H,5-10H2,(H2,17,21)(H,18,20)(H,22,23). The Balaban J connectivity index is 1.98. The van der Waals surface area contributed by atoms with Crippen LogP contribution in [0.4, 0.5) is 5.69 Å². The highest BCUT2D eigenvalue weighted by atomic mass is 16.5. The van der Waals surface area contributed by atoms with Crippen molar-refractivity contribution in [3.8, 4) is 0 Å². The van der Waals surface area contributed by atoms with E-state index in [4.69, 9.17) is 10.5 Å². The quantitative estimate of drug-likeness (QED) is 0.652. The minimum absolute atomic E-state index is 0.181. The number of carboxylic acids is 1. The van der Waals surface area contributed by atoms with Crippen LogP contribution < -0.4 is 11.1 Å². The topological polar surface area (TPSA) is 122 Å². The van der Waals surface area contributed by atoms with Crippen LogP contribution in [0.1, 0.15) is 16.8 Å². The molecule has 1 unspecified atom stereocenters. The molecule has 1 heterocycles. The van der Waals surface area contributed by atoms with Crippen LogP contribution in [-0.2, 0) is 14.3 Å². The van der Waals surface area contributed by atoms with Crippen molar-refractivity contribution in [2.75, 3.05) is 38.2 Å². The van der Waals surface area contributed by atoms with Crippen LogP contribution in [0, 0.1) is 5.92 Å². The Bertz CT molecular complexity index is 613. The van der Waals surface area contributed by atoms with E-state index in [9.17, 15) is 19.5 Å². The van der Waals surface area contributed by atoms with Gasteiger partial charge in [0.1, 0.15) is 0 Å². The number of hydrogen-bond acceptors (Lipinski definition) is 5. The van der Waals surface area contributed by atoms with Crippen LogP contribution in [0.5, 0.6) is 0 Å². The Morgan fingerprint density at radius 1 is 1.25 bits per heavy atom. The van der Waals surface area contributed by atoms with Crippen molar-refractivity contribution in [2.45, 2.75) is 6.42 Å². The molecule has 1 aromatic carbocycles. The molecule has 8 nitrogen and oxygen atoms in total. The Hall–Kier alpha value is -2.45. The van der Waals surface area contributed by atoms with Crippen LogP contribution in [0.15, 0.2) is 24.3 Å². The third-order valence-electron chi connectivity index (χ3n) is 3.83. The Labute approximate surface area is 139 Å². The number of primary amides is 1. The second kappa shape index (κ2) is 8.42. The fourth-order valence-corrected chi connectivity index (χ4v) is 2.56. The maximum atomic E-state index is 12.2. The molecule has 0 aliphatic carbocycles. The number of nitrogens with one attached hydrogen (secondary N) is 1. The van der Waals surface area contributed by atoms with Crippen molar-refractivity contribution in [1.29, 1.82) is 0 Å². The number of amides is 2. The molecule has 1 aromatic rings. The molecular weight excluding hydrogens is 314 g/mol. The first kappa shape index (κ1) is 17.9. The number of ether oxygens (including phenoxy) is 1. The van der Waals surface area contributed by atoms with Gasteiger partial charge in [0.05, 0.1) is 30.4 Å². The van der Waals surface area contributed by atoms with Gasteiger partial charge in [-0.2, -0.15) is 0 Å². The molecule has 1 saturated heterocycles. The summed E-state index contributed by atoms with van der Waals surface area (Å²) in [6.07, 6.45) is -0.181. The number of carboxylic acid groups (broad SMARTS) is 1. The fourth-order valence-electron chi connectivity index (χ4n) is 2.56. The van der Waals surface area contributed by atoms with Gasteiger partial charge in [0.25, 0.3) is 5.91 Å². The second-order valence-electron chi connectivity index (χ2n) is 5.61. The van der Waals surface area contributed by atoms with Gasteiger partial charge >= 0.3 is 5.97 Å². The normalized spacial score (nSPS) is 16.3. The number of rotatable bonds is 7.